The van der Waals surface area contributed by atoms with Gasteiger partial charge in [-0.15, -0.1) is 0 Å². The molecule has 4 rings (SSSR count). The Kier molecular flexibility index (Phi) is 5.37. The molecule has 0 bridgehead atoms. The van der Waals surface area contributed by atoms with Crippen molar-refractivity contribution in [2.75, 3.05) is 0 Å². The van der Waals surface area contributed by atoms with Crippen molar-refractivity contribution in [3.05, 3.63) is 99.1 Å². The molecular formula is C23H19F2N3O3. The highest BCUT2D eigenvalue weighted by Crippen LogP contribution is 2.27. The molecule has 0 fully saturated rings. The molecular weight excluding hydrogens is 404 g/mol. The molecule has 0 atom stereocenters. The van der Waals surface area contributed by atoms with Crippen molar-refractivity contribution in [3.8, 4) is 0 Å². The second-order valence-electron chi connectivity index (χ2n) is 7.27. The summed E-state index contributed by atoms with van der Waals surface area (Å²) < 4.78 is 30.4. The van der Waals surface area contributed by atoms with Gasteiger partial charge in [-0.25, -0.2) is 13.5 Å². The van der Waals surface area contributed by atoms with Crippen molar-refractivity contribution in [1.82, 2.24) is 14.3 Å². The van der Waals surface area contributed by atoms with Crippen LogP contribution in [0.25, 0.3) is 10.9 Å². The average molecular weight is 423 g/mol. The molecule has 2 heterocycles. The summed E-state index contributed by atoms with van der Waals surface area (Å²) >= 11 is 0. The summed E-state index contributed by atoms with van der Waals surface area (Å²) in [4.78, 5) is 23.6. The third-order valence-electron chi connectivity index (χ3n) is 5.29. The highest BCUT2D eigenvalue weighted by Gasteiger charge is 2.17. The maximum atomic E-state index is 14.0. The van der Waals surface area contributed by atoms with Crippen molar-refractivity contribution < 1.29 is 18.7 Å². The van der Waals surface area contributed by atoms with E-state index in [9.17, 15) is 23.5 Å². The summed E-state index contributed by atoms with van der Waals surface area (Å²) in [5.74, 6) is -2.93. The lowest BCUT2D eigenvalue weighted by molar-refractivity contribution is -0.137. The van der Waals surface area contributed by atoms with E-state index >= 15 is 0 Å². The van der Waals surface area contributed by atoms with E-state index < -0.39 is 23.2 Å². The molecule has 0 aliphatic rings. The van der Waals surface area contributed by atoms with E-state index in [2.05, 4.69) is 5.10 Å². The van der Waals surface area contributed by atoms with Crippen LogP contribution in [0.3, 0.4) is 0 Å². The number of carbonyl (C=O) groups is 1. The van der Waals surface area contributed by atoms with Crippen molar-refractivity contribution in [3.63, 3.8) is 0 Å². The maximum absolute atomic E-state index is 14.0. The largest absolute Gasteiger partial charge is 0.480 e. The number of aliphatic carboxylic acids is 1. The molecule has 0 unspecified atom stereocenters. The van der Waals surface area contributed by atoms with Gasteiger partial charge in [-0.1, -0.05) is 30.3 Å². The first kappa shape index (κ1) is 20.5. The fourth-order valence-corrected chi connectivity index (χ4v) is 3.78. The number of halogens is 2. The van der Waals surface area contributed by atoms with Gasteiger partial charge in [0.2, 0.25) is 0 Å². The molecule has 2 aromatic heterocycles. The molecule has 0 spiro atoms. The fraction of sp³-hybridized carbons (Fsp3) is 0.174. The smallest absolute Gasteiger partial charge is 0.323 e. The number of hydrogen-bond acceptors (Lipinski definition) is 3. The second-order valence-corrected chi connectivity index (χ2v) is 7.27. The second kappa shape index (κ2) is 8.14. The van der Waals surface area contributed by atoms with Crippen LogP contribution in [0.2, 0.25) is 0 Å². The molecule has 0 aliphatic heterocycles. The number of fused-ring (bicyclic) bond motifs is 1. The van der Waals surface area contributed by atoms with Crippen molar-refractivity contribution in [1.29, 1.82) is 0 Å². The summed E-state index contributed by atoms with van der Waals surface area (Å²) in [6.45, 7) is 1.48. The Morgan fingerprint density at radius 2 is 1.84 bits per heavy atom. The predicted octanol–water partition coefficient (Wildman–Crippen LogP) is 3.51. The molecule has 2 aromatic carbocycles. The van der Waals surface area contributed by atoms with E-state index in [0.29, 0.717) is 12.1 Å². The minimum atomic E-state index is -1.01. The lowest BCUT2D eigenvalue weighted by atomic mass is 10.1. The normalized spacial score (nSPS) is 11.2. The van der Waals surface area contributed by atoms with Crippen molar-refractivity contribution in [2.45, 2.75) is 26.4 Å². The zero-order valence-electron chi connectivity index (χ0n) is 16.7. The van der Waals surface area contributed by atoms with Gasteiger partial charge in [0.1, 0.15) is 6.54 Å². The number of nitrogens with zero attached hydrogens (tertiary/aromatic N) is 3. The van der Waals surface area contributed by atoms with Crippen LogP contribution in [0, 0.1) is 18.6 Å². The summed E-state index contributed by atoms with van der Waals surface area (Å²) in [5.41, 5.74) is 2.63. The van der Waals surface area contributed by atoms with E-state index in [4.69, 9.17) is 0 Å². The highest BCUT2D eigenvalue weighted by molar-refractivity contribution is 5.87. The van der Waals surface area contributed by atoms with Gasteiger partial charge in [-0.3, -0.25) is 9.59 Å². The molecule has 8 heteroatoms. The average Bonchev–Trinajstić information content (AvgIpc) is 2.99. The van der Waals surface area contributed by atoms with Gasteiger partial charge < -0.3 is 9.67 Å². The van der Waals surface area contributed by atoms with Gasteiger partial charge in [0.25, 0.3) is 5.56 Å². The highest BCUT2D eigenvalue weighted by atomic mass is 19.2. The maximum Gasteiger partial charge on any atom is 0.323 e. The number of carboxylic acid groups (broad SMARTS) is 1. The molecule has 0 saturated heterocycles. The van der Waals surface area contributed by atoms with Crippen LogP contribution in [0.4, 0.5) is 8.78 Å². The van der Waals surface area contributed by atoms with Crippen LogP contribution in [-0.4, -0.2) is 25.4 Å². The van der Waals surface area contributed by atoms with Crippen LogP contribution in [0.15, 0.2) is 59.4 Å². The molecule has 1 N–H and O–H groups in total. The number of hydrogen-bond donors (Lipinski definition) is 1. The summed E-state index contributed by atoms with van der Waals surface area (Å²) in [7, 11) is 0. The quantitative estimate of drug-likeness (QED) is 0.515. The number of aromatic nitrogens is 3. The fourth-order valence-electron chi connectivity index (χ4n) is 3.78. The zero-order valence-corrected chi connectivity index (χ0v) is 16.7. The van der Waals surface area contributed by atoms with Gasteiger partial charge in [0, 0.05) is 34.6 Å². The van der Waals surface area contributed by atoms with E-state index in [1.54, 1.807) is 10.6 Å². The number of rotatable bonds is 6. The SMILES string of the molecule is Cc1c(Cc2ccc(=O)n(Cc3cccc(F)c3F)n2)c2ccccc2n1CC(=O)O. The molecule has 6 nitrogen and oxygen atoms in total. The molecule has 4 aromatic rings. The predicted molar refractivity (Wildman–Crippen MR) is 111 cm³/mol. The van der Waals surface area contributed by atoms with Crippen LogP contribution >= 0.6 is 0 Å². The van der Waals surface area contributed by atoms with Gasteiger partial charge in [0.05, 0.1) is 12.2 Å². The van der Waals surface area contributed by atoms with Gasteiger partial charge in [-0.2, -0.15) is 5.10 Å². The van der Waals surface area contributed by atoms with Crippen molar-refractivity contribution in [2.24, 2.45) is 0 Å². The lowest BCUT2D eigenvalue weighted by Crippen LogP contribution is -2.24. The molecule has 158 valence electrons. The van der Waals surface area contributed by atoms with Crippen LogP contribution in [0.5, 0.6) is 0 Å². The summed E-state index contributed by atoms with van der Waals surface area (Å²) in [6.07, 6.45) is 0.352. The molecule has 0 saturated carbocycles. The number of carboxylic acids is 1. The number of para-hydroxylation sites is 1. The Morgan fingerprint density at radius 1 is 1.06 bits per heavy atom. The Bertz CT molecular complexity index is 1360. The number of benzene rings is 2. The Balaban J connectivity index is 1.73. The molecule has 0 aliphatic carbocycles. The van der Waals surface area contributed by atoms with E-state index in [1.165, 1.54) is 18.2 Å². The zero-order chi connectivity index (χ0) is 22.1. The molecule has 0 radical (unpaired) electrons. The van der Waals surface area contributed by atoms with E-state index in [1.807, 2.05) is 31.2 Å². The van der Waals surface area contributed by atoms with E-state index in [0.717, 1.165) is 32.9 Å². The van der Waals surface area contributed by atoms with Crippen LogP contribution < -0.4 is 5.56 Å². The van der Waals surface area contributed by atoms with Crippen molar-refractivity contribution >= 4 is 16.9 Å². The Labute approximate surface area is 176 Å². The topological polar surface area (TPSA) is 77.1 Å². The third kappa shape index (κ3) is 3.96. The summed E-state index contributed by atoms with van der Waals surface area (Å²) in [5, 5.41) is 14.5. The van der Waals surface area contributed by atoms with Gasteiger partial charge in [-0.05, 0) is 30.7 Å². The first-order chi connectivity index (χ1) is 14.8. The van der Waals surface area contributed by atoms with Crippen LogP contribution in [0.1, 0.15) is 22.5 Å². The third-order valence-corrected chi connectivity index (χ3v) is 5.29. The van der Waals surface area contributed by atoms with Gasteiger partial charge >= 0.3 is 5.97 Å². The monoisotopic (exact) mass is 423 g/mol. The van der Waals surface area contributed by atoms with E-state index in [-0.39, 0.29) is 18.7 Å². The standard InChI is InChI=1S/C23H19F2N3O3/c1-14-18(17-6-2-3-8-20(17)27(14)13-22(30)31)11-16-9-10-21(29)28(26-16)12-15-5-4-7-19(24)23(15)25/h2-10H,11-13H2,1H3,(H,30,31). The molecule has 31 heavy (non-hydrogen) atoms. The Hall–Kier alpha value is -3.81. The van der Waals surface area contributed by atoms with Crippen LogP contribution in [-0.2, 0) is 24.3 Å². The Morgan fingerprint density at radius 3 is 2.61 bits per heavy atom. The minimum Gasteiger partial charge on any atom is -0.480 e. The first-order valence-electron chi connectivity index (χ1n) is 9.63. The molecule has 0 amide bonds. The lowest BCUT2D eigenvalue weighted by Gasteiger charge is -2.09. The van der Waals surface area contributed by atoms with Gasteiger partial charge in [0.15, 0.2) is 11.6 Å². The minimum absolute atomic E-state index is 0.0287. The summed E-state index contributed by atoms with van der Waals surface area (Å²) in [6, 6.07) is 14.2. The first-order valence-corrected chi connectivity index (χ1v) is 9.63.